The zero-order valence-corrected chi connectivity index (χ0v) is 9.51. The number of aromatic nitrogens is 2. The molecule has 1 aromatic rings. The highest BCUT2D eigenvalue weighted by atomic mass is 16.4. The third-order valence-corrected chi connectivity index (χ3v) is 2.26. The first-order chi connectivity index (χ1) is 7.95. The van der Waals surface area contributed by atoms with Gasteiger partial charge in [-0.25, -0.2) is 4.98 Å². The predicted octanol–water partition coefficient (Wildman–Crippen LogP) is 0.129. The number of aliphatic carboxylic acids is 2. The Kier molecular flexibility index (Phi) is 4.08. The summed E-state index contributed by atoms with van der Waals surface area (Å²) >= 11 is 0. The van der Waals surface area contributed by atoms with E-state index in [-0.39, 0.29) is 18.7 Å². The minimum absolute atomic E-state index is 0.0945. The molecule has 0 bridgehead atoms. The van der Waals surface area contributed by atoms with Gasteiger partial charge >= 0.3 is 11.9 Å². The Hall–Kier alpha value is -2.05. The molecule has 7 nitrogen and oxygen atoms in total. The van der Waals surface area contributed by atoms with Crippen LogP contribution >= 0.6 is 0 Å². The Balaban J connectivity index is 3.13. The molecule has 1 aromatic heterocycles. The van der Waals surface area contributed by atoms with Crippen LogP contribution in [-0.4, -0.2) is 31.7 Å². The smallest absolute Gasteiger partial charge is 0.311 e. The number of carboxylic acids is 2. The lowest BCUT2D eigenvalue weighted by molar-refractivity contribution is -0.137. The zero-order chi connectivity index (χ0) is 13.0. The molecule has 0 radical (unpaired) electrons. The first kappa shape index (κ1) is 13.0. The van der Waals surface area contributed by atoms with Crippen molar-refractivity contribution in [3.05, 3.63) is 11.5 Å². The molecule has 94 valence electrons. The van der Waals surface area contributed by atoms with Crippen LogP contribution in [0.15, 0.2) is 0 Å². The zero-order valence-electron chi connectivity index (χ0n) is 9.51. The highest BCUT2D eigenvalue weighted by Crippen LogP contribution is 2.16. The van der Waals surface area contributed by atoms with Gasteiger partial charge in [-0.3, -0.25) is 9.59 Å². The van der Waals surface area contributed by atoms with E-state index < -0.39 is 11.9 Å². The lowest BCUT2D eigenvalue weighted by atomic mass is 10.3. The lowest BCUT2D eigenvalue weighted by Crippen LogP contribution is -2.14. The summed E-state index contributed by atoms with van der Waals surface area (Å²) in [7, 11) is 0. The Bertz CT molecular complexity index is 439. The maximum atomic E-state index is 10.7. The monoisotopic (exact) mass is 241 g/mol. The van der Waals surface area contributed by atoms with E-state index in [2.05, 4.69) is 4.98 Å². The number of carboxylic acid groups (broad SMARTS) is 2. The van der Waals surface area contributed by atoms with Crippen molar-refractivity contribution in [2.45, 2.75) is 32.7 Å². The van der Waals surface area contributed by atoms with Crippen molar-refractivity contribution in [3.8, 4) is 0 Å². The molecule has 0 spiro atoms. The Labute approximate surface area is 97.9 Å². The minimum atomic E-state index is -1.02. The highest BCUT2D eigenvalue weighted by molar-refractivity contribution is 5.72. The second-order valence-electron chi connectivity index (χ2n) is 3.65. The van der Waals surface area contributed by atoms with Crippen molar-refractivity contribution in [2.24, 2.45) is 0 Å². The van der Waals surface area contributed by atoms with Gasteiger partial charge in [-0.2, -0.15) is 0 Å². The predicted molar refractivity (Wildman–Crippen MR) is 59.6 cm³/mol. The summed E-state index contributed by atoms with van der Waals surface area (Å²) in [5.74, 6) is -1.64. The van der Waals surface area contributed by atoms with Crippen LogP contribution in [0.2, 0.25) is 0 Å². The van der Waals surface area contributed by atoms with E-state index in [4.69, 9.17) is 15.9 Å². The molecular formula is C10H15N3O4. The van der Waals surface area contributed by atoms with Gasteiger partial charge < -0.3 is 20.5 Å². The first-order valence-electron chi connectivity index (χ1n) is 5.23. The average molecular weight is 241 g/mol. The fourth-order valence-electron chi connectivity index (χ4n) is 1.65. The molecule has 17 heavy (non-hydrogen) atoms. The Morgan fingerprint density at radius 1 is 1.29 bits per heavy atom. The van der Waals surface area contributed by atoms with Crippen LogP contribution in [0.3, 0.4) is 0 Å². The van der Waals surface area contributed by atoms with E-state index in [0.29, 0.717) is 18.1 Å². The maximum absolute atomic E-state index is 10.7. The van der Waals surface area contributed by atoms with E-state index in [1.54, 1.807) is 4.57 Å². The van der Waals surface area contributed by atoms with E-state index in [0.717, 1.165) is 6.42 Å². The number of nitrogens with zero attached hydrogens (tertiary/aromatic N) is 2. The quantitative estimate of drug-likeness (QED) is 0.651. The van der Waals surface area contributed by atoms with Crippen molar-refractivity contribution in [3.63, 3.8) is 0 Å². The third-order valence-electron chi connectivity index (χ3n) is 2.26. The van der Waals surface area contributed by atoms with Crippen molar-refractivity contribution in [1.82, 2.24) is 9.55 Å². The topological polar surface area (TPSA) is 118 Å². The molecule has 0 fully saturated rings. The number of rotatable bonds is 6. The van der Waals surface area contributed by atoms with Crippen LogP contribution in [0.25, 0.3) is 0 Å². The number of hydrogen-bond acceptors (Lipinski definition) is 4. The molecule has 0 aliphatic rings. The second kappa shape index (κ2) is 5.33. The van der Waals surface area contributed by atoms with Gasteiger partial charge in [0, 0.05) is 6.54 Å². The summed E-state index contributed by atoms with van der Waals surface area (Å²) in [6.07, 6.45) is 0.233. The fraction of sp³-hybridized carbons (Fsp3) is 0.500. The summed E-state index contributed by atoms with van der Waals surface area (Å²) in [6.45, 7) is 2.42. The van der Waals surface area contributed by atoms with Gasteiger partial charge in [-0.15, -0.1) is 0 Å². The van der Waals surface area contributed by atoms with Gasteiger partial charge in [-0.05, 0) is 6.42 Å². The minimum Gasteiger partial charge on any atom is -0.481 e. The van der Waals surface area contributed by atoms with Crippen molar-refractivity contribution in [1.29, 1.82) is 0 Å². The van der Waals surface area contributed by atoms with Gasteiger partial charge in [0.05, 0.1) is 12.1 Å². The van der Waals surface area contributed by atoms with E-state index in [1.807, 2.05) is 6.92 Å². The van der Waals surface area contributed by atoms with Crippen LogP contribution in [0.4, 0.5) is 5.82 Å². The average Bonchev–Trinajstić information content (AvgIpc) is 2.45. The maximum Gasteiger partial charge on any atom is 0.311 e. The Morgan fingerprint density at radius 2 is 1.88 bits per heavy atom. The molecule has 0 amide bonds. The number of carbonyl (C=O) groups is 2. The van der Waals surface area contributed by atoms with Crippen LogP contribution in [0.5, 0.6) is 0 Å². The molecular weight excluding hydrogens is 226 g/mol. The molecule has 1 rings (SSSR count). The SMILES string of the molecule is CCCn1c(CC(=O)O)nc(N)c1CC(=O)O. The van der Waals surface area contributed by atoms with Gasteiger partial charge in [-0.1, -0.05) is 6.92 Å². The van der Waals surface area contributed by atoms with Crippen molar-refractivity contribution >= 4 is 17.8 Å². The summed E-state index contributed by atoms with van der Waals surface area (Å²) in [6, 6.07) is 0. The van der Waals surface area contributed by atoms with E-state index in [1.165, 1.54) is 0 Å². The molecule has 0 saturated heterocycles. The fourth-order valence-corrected chi connectivity index (χ4v) is 1.65. The molecule has 7 heteroatoms. The molecule has 0 aliphatic heterocycles. The molecule has 0 aliphatic carbocycles. The third kappa shape index (κ3) is 3.20. The normalized spacial score (nSPS) is 10.4. The van der Waals surface area contributed by atoms with E-state index >= 15 is 0 Å². The summed E-state index contributed by atoms with van der Waals surface area (Å²) in [5, 5.41) is 17.5. The van der Waals surface area contributed by atoms with Crippen LogP contribution in [0, 0.1) is 0 Å². The summed E-state index contributed by atoms with van der Waals surface area (Å²) in [4.78, 5) is 25.3. The highest BCUT2D eigenvalue weighted by Gasteiger charge is 2.18. The second-order valence-corrected chi connectivity index (χ2v) is 3.65. The van der Waals surface area contributed by atoms with Crippen LogP contribution < -0.4 is 5.73 Å². The Morgan fingerprint density at radius 3 is 2.35 bits per heavy atom. The summed E-state index contributed by atoms with van der Waals surface area (Å²) < 4.78 is 1.58. The number of hydrogen-bond donors (Lipinski definition) is 3. The molecule has 4 N–H and O–H groups in total. The van der Waals surface area contributed by atoms with Crippen LogP contribution in [0.1, 0.15) is 24.9 Å². The summed E-state index contributed by atoms with van der Waals surface area (Å²) in [5.41, 5.74) is 5.98. The molecule has 1 heterocycles. The number of nitrogen functional groups attached to an aromatic ring is 1. The lowest BCUT2D eigenvalue weighted by Gasteiger charge is -2.08. The van der Waals surface area contributed by atoms with Crippen LogP contribution in [-0.2, 0) is 29.0 Å². The molecule has 0 atom stereocenters. The van der Waals surface area contributed by atoms with Gasteiger partial charge in [0.2, 0.25) is 0 Å². The van der Waals surface area contributed by atoms with Crippen molar-refractivity contribution < 1.29 is 19.8 Å². The van der Waals surface area contributed by atoms with Gasteiger partial charge in [0.25, 0.3) is 0 Å². The first-order valence-corrected chi connectivity index (χ1v) is 5.23. The standard InChI is InChI=1S/C10H15N3O4/c1-2-3-13-6(4-8(14)15)10(11)12-7(13)5-9(16)17/h2-5,11H2,1H3,(H,14,15)(H,16,17). The molecule has 0 aromatic carbocycles. The van der Waals surface area contributed by atoms with E-state index in [9.17, 15) is 9.59 Å². The molecule has 0 unspecified atom stereocenters. The number of nitrogens with two attached hydrogens (primary N) is 1. The number of imidazole rings is 1. The molecule has 0 saturated carbocycles. The van der Waals surface area contributed by atoms with Crippen molar-refractivity contribution in [2.75, 3.05) is 5.73 Å². The van der Waals surface area contributed by atoms with Gasteiger partial charge in [0.1, 0.15) is 18.1 Å². The van der Waals surface area contributed by atoms with Gasteiger partial charge in [0.15, 0.2) is 0 Å². The number of anilines is 1. The largest absolute Gasteiger partial charge is 0.481 e.